The standard InChI is InChI=1S/C11H10FN5S/c1-17-6-14-10(16-17)5-13-11-15-8-3-2-7(12)4-9(8)18-11/h2-4,6H,5H2,1H3,(H,13,15). The molecule has 18 heavy (non-hydrogen) atoms. The summed E-state index contributed by atoms with van der Waals surface area (Å²) in [4.78, 5) is 8.46. The van der Waals surface area contributed by atoms with Crippen LogP contribution in [0.25, 0.3) is 10.2 Å². The predicted molar refractivity (Wildman–Crippen MR) is 67.9 cm³/mol. The minimum absolute atomic E-state index is 0.246. The molecule has 0 unspecified atom stereocenters. The van der Waals surface area contributed by atoms with Gasteiger partial charge in [0.2, 0.25) is 0 Å². The SMILES string of the molecule is Cn1cnc(CNc2nc3ccc(F)cc3s2)n1. The fraction of sp³-hybridized carbons (Fsp3) is 0.182. The molecule has 0 bridgehead atoms. The summed E-state index contributed by atoms with van der Waals surface area (Å²) in [6.45, 7) is 0.503. The summed E-state index contributed by atoms with van der Waals surface area (Å²) in [7, 11) is 1.82. The molecule has 3 rings (SSSR count). The maximum atomic E-state index is 13.0. The molecule has 0 saturated carbocycles. The van der Waals surface area contributed by atoms with Crippen molar-refractivity contribution in [1.29, 1.82) is 0 Å². The second kappa shape index (κ2) is 4.34. The number of nitrogens with zero attached hydrogens (tertiary/aromatic N) is 4. The minimum Gasteiger partial charge on any atom is -0.354 e. The van der Waals surface area contributed by atoms with Gasteiger partial charge in [0.25, 0.3) is 0 Å². The van der Waals surface area contributed by atoms with Crippen LogP contribution >= 0.6 is 11.3 Å². The first-order valence-electron chi connectivity index (χ1n) is 5.35. The predicted octanol–water partition coefficient (Wildman–Crippen LogP) is 2.18. The zero-order valence-corrected chi connectivity index (χ0v) is 10.4. The second-order valence-electron chi connectivity index (χ2n) is 3.82. The van der Waals surface area contributed by atoms with Gasteiger partial charge >= 0.3 is 0 Å². The minimum atomic E-state index is -0.246. The van der Waals surface area contributed by atoms with Crippen LogP contribution in [-0.4, -0.2) is 19.7 Å². The van der Waals surface area contributed by atoms with Gasteiger partial charge in [0, 0.05) is 7.05 Å². The van der Waals surface area contributed by atoms with Crippen LogP contribution in [0.3, 0.4) is 0 Å². The van der Waals surface area contributed by atoms with E-state index in [-0.39, 0.29) is 5.82 Å². The number of fused-ring (bicyclic) bond motifs is 1. The highest BCUT2D eigenvalue weighted by Crippen LogP contribution is 2.26. The zero-order valence-electron chi connectivity index (χ0n) is 9.59. The van der Waals surface area contributed by atoms with Crippen molar-refractivity contribution >= 4 is 26.7 Å². The van der Waals surface area contributed by atoms with Gasteiger partial charge < -0.3 is 5.32 Å². The zero-order chi connectivity index (χ0) is 12.5. The molecule has 7 heteroatoms. The van der Waals surface area contributed by atoms with Crippen molar-refractivity contribution in [2.24, 2.45) is 7.05 Å². The van der Waals surface area contributed by atoms with E-state index in [4.69, 9.17) is 0 Å². The molecule has 0 saturated heterocycles. The van der Waals surface area contributed by atoms with Crippen molar-refractivity contribution in [1.82, 2.24) is 19.7 Å². The number of anilines is 1. The van der Waals surface area contributed by atoms with Gasteiger partial charge in [-0.05, 0) is 18.2 Å². The summed E-state index contributed by atoms with van der Waals surface area (Å²) in [5.41, 5.74) is 0.790. The molecule has 0 aliphatic carbocycles. The van der Waals surface area contributed by atoms with Crippen LogP contribution in [0.15, 0.2) is 24.5 Å². The molecule has 0 spiro atoms. The summed E-state index contributed by atoms with van der Waals surface area (Å²) in [5.74, 6) is 0.451. The normalized spacial score (nSPS) is 11.0. The first-order chi connectivity index (χ1) is 8.70. The molecule has 92 valence electrons. The molecule has 0 aliphatic heterocycles. The molecular weight excluding hydrogens is 253 g/mol. The van der Waals surface area contributed by atoms with Crippen molar-refractivity contribution < 1.29 is 4.39 Å². The van der Waals surface area contributed by atoms with E-state index in [1.807, 2.05) is 7.05 Å². The third-order valence-electron chi connectivity index (χ3n) is 2.40. The fourth-order valence-electron chi connectivity index (χ4n) is 1.59. The number of thiazole rings is 1. The number of aryl methyl sites for hydroxylation is 1. The van der Waals surface area contributed by atoms with Crippen molar-refractivity contribution in [3.8, 4) is 0 Å². The lowest BCUT2D eigenvalue weighted by Crippen LogP contribution is -2.01. The first-order valence-corrected chi connectivity index (χ1v) is 6.17. The largest absolute Gasteiger partial charge is 0.354 e. The monoisotopic (exact) mass is 263 g/mol. The Morgan fingerprint density at radius 2 is 2.33 bits per heavy atom. The number of hydrogen-bond donors (Lipinski definition) is 1. The average molecular weight is 263 g/mol. The van der Waals surface area contributed by atoms with Crippen molar-refractivity contribution in [3.05, 3.63) is 36.2 Å². The third kappa shape index (κ3) is 2.17. The summed E-state index contributed by atoms with van der Waals surface area (Å²) < 4.78 is 15.5. The van der Waals surface area contributed by atoms with E-state index in [1.165, 1.54) is 23.5 Å². The molecule has 3 aromatic rings. The van der Waals surface area contributed by atoms with Crippen LogP contribution in [0.5, 0.6) is 0 Å². The molecule has 2 aromatic heterocycles. The number of rotatable bonds is 3. The van der Waals surface area contributed by atoms with Gasteiger partial charge in [0.1, 0.15) is 12.1 Å². The van der Waals surface area contributed by atoms with Gasteiger partial charge in [0.15, 0.2) is 11.0 Å². The Morgan fingerprint density at radius 3 is 3.11 bits per heavy atom. The average Bonchev–Trinajstić information content (AvgIpc) is 2.92. The lowest BCUT2D eigenvalue weighted by Gasteiger charge is -1.96. The number of halogens is 1. The molecule has 0 radical (unpaired) electrons. The van der Waals surface area contributed by atoms with Crippen LogP contribution in [0.1, 0.15) is 5.82 Å². The van der Waals surface area contributed by atoms with Gasteiger partial charge in [0.05, 0.1) is 16.8 Å². The molecule has 0 amide bonds. The van der Waals surface area contributed by atoms with Crippen LogP contribution in [0, 0.1) is 5.82 Å². The van der Waals surface area contributed by atoms with Crippen LogP contribution in [0.4, 0.5) is 9.52 Å². The van der Waals surface area contributed by atoms with E-state index in [2.05, 4.69) is 20.4 Å². The lowest BCUT2D eigenvalue weighted by atomic mass is 10.3. The van der Waals surface area contributed by atoms with Gasteiger partial charge in [-0.2, -0.15) is 5.10 Å². The Morgan fingerprint density at radius 1 is 1.44 bits per heavy atom. The summed E-state index contributed by atoms with van der Waals surface area (Å²) in [5, 5.41) is 8.02. The van der Waals surface area contributed by atoms with Gasteiger partial charge in [-0.15, -0.1) is 0 Å². The van der Waals surface area contributed by atoms with E-state index < -0.39 is 0 Å². The Balaban J connectivity index is 1.78. The fourth-order valence-corrected chi connectivity index (χ4v) is 2.48. The van der Waals surface area contributed by atoms with Crippen molar-refractivity contribution in [3.63, 3.8) is 0 Å². The molecule has 1 N–H and O–H groups in total. The molecule has 0 aliphatic rings. The lowest BCUT2D eigenvalue weighted by molar-refractivity contribution is 0.630. The van der Waals surface area contributed by atoms with E-state index in [1.54, 1.807) is 17.1 Å². The summed E-state index contributed by atoms with van der Waals surface area (Å²) in [6.07, 6.45) is 1.64. The summed E-state index contributed by atoms with van der Waals surface area (Å²) >= 11 is 1.41. The Labute approximate surface area is 106 Å². The van der Waals surface area contributed by atoms with E-state index in [0.29, 0.717) is 12.4 Å². The van der Waals surface area contributed by atoms with E-state index in [0.717, 1.165) is 15.3 Å². The molecule has 0 fully saturated rings. The van der Waals surface area contributed by atoms with Crippen LogP contribution in [0.2, 0.25) is 0 Å². The van der Waals surface area contributed by atoms with Crippen LogP contribution in [-0.2, 0) is 13.6 Å². The number of aromatic nitrogens is 4. The van der Waals surface area contributed by atoms with E-state index >= 15 is 0 Å². The van der Waals surface area contributed by atoms with Crippen LogP contribution < -0.4 is 5.32 Å². The Bertz CT molecular complexity index is 690. The maximum Gasteiger partial charge on any atom is 0.184 e. The van der Waals surface area contributed by atoms with Crippen molar-refractivity contribution in [2.75, 3.05) is 5.32 Å². The maximum absolute atomic E-state index is 13.0. The van der Waals surface area contributed by atoms with Crippen molar-refractivity contribution in [2.45, 2.75) is 6.54 Å². The highest BCUT2D eigenvalue weighted by Gasteiger charge is 2.05. The molecule has 5 nitrogen and oxygen atoms in total. The molecule has 1 aromatic carbocycles. The highest BCUT2D eigenvalue weighted by molar-refractivity contribution is 7.22. The summed E-state index contributed by atoms with van der Waals surface area (Å²) in [6, 6.07) is 4.56. The highest BCUT2D eigenvalue weighted by atomic mass is 32.1. The number of nitrogens with one attached hydrogen (secondary N) is 1. The van der Waals surface area contributed by atoms with E-state index in [9.17, 15) is 4.39 Å². The Hall–Kier alpha value is -2.02. The number of hydrogen-bond acceptors (Lipinski definition) is 5. The van der Waals surface area contributed by atoms with Gasteiger partial charge in [-0.1, -0.05) is 11.3 Å². The topological polar surface area (TPSA) is 55.6 Å². The third-order valence-corrected chi connectivity index (χ3v) is 3.37. The quantitative estimate of drug-likeness (QED) is 0.787. The molecule has 2 heterocycles. The molecule has 0 atom stereocenters. The van der Waals surface area contributed by atoms with Gasteiger partial charge in [-0.25, -0.2) is 14.4 Å². The molecular formula is C11H10FN5S. The first kappa shape index (κ1) is 11.1. The smallest absolute Gasteiger partial charge is 0.184 e. The Kier molecular flexibility index (Phi) is 2.67. The number of benzene rings is 1. The van der Waals surface area contributed by atoms with Gasteiger partial charge in [-0.3, -0.25) is 4.68 Å². The second-order valence-corrected chi connectivity index (χ2v) is 4.85.